The predicted octanol–water partition coefficient (Wildman–Crippen LogP) is 2.67. The predicted molar refractivity (Wildman–Crippen MR) is 107 cm³/mol. The topological polar surface area (TPSA) is 88.9 Å². The highest BCUT2D eigenvalue weighted by Crippen LogP contribution is 2.29. The molecular weight excluding hydrogens is 359 g/mol. The molecule has 0 amide bonds. The lowest BCUT2D eigenvalue weighted by Crippen LogP contribution is -2.46. The maximum atomic E-state index is 13.7. The van der Waals surface area contributed by atoms with Crippen molar-refractivity contribution in [2.45, 2.75) is 19.8 Å². The summed E-state index contributed by atoms with van der Waals surface area (Å²) in [4.78, 5) is 2.26. The Morgan fingerprint density at radius 1 is 1.18 bits per heavy atom. The van der Waals surface area contributed by atoms with Crippen LogP contribution in [0.2, 0.25) is 0 Å². The molecule has 0 saturated carbocycles. The highest BCUT2D eigenvalue weighted by Gasteiger charge is 2.19. The van der Waals surface area contributed by atoms with Crippen molar-refractivity contribution in [3.05, 3.63) is 47.6 Å². The third-order valence-corrected chi connectivity index (χ3v) is 5.11. The number of nitrogens with zero attached hydrogens (tertiary/aromatic N) is 4. The zero-order valence-corrected chi connectivity index (χ0v) is 15.7. The molecule has 2 aromatic rings. The highest BCUT2D eigenvalue weighted by molar-refractivity contribution is 6.12. The lowest BCUT2D eigenvalue weighted by atomic mass is 10.00. The summed E-state index contributed by atoms with van der Waals surface area (Å²) in [5.41, 5.74) is 3.25. The molecule has 146 valence electrons. The smallest absolute Gasteiger partial charge is 0.216 e. The van der Waals surface area contributed by atoms with Crippen LogP contribution in [-0.4, -0.2) is 57.9 Å². The van der Waals surface area contributed by atoms with Gasteiger partial charge < -0.3 is 15.3 Å². The van der Waals surface area contributed by atoms with E-state index in [0.717, 1.165) is 44.9 Å². The molecule has 0 spiro atoms. The van der Waals surface area contributed by atoms with Crippen LogP contribution < -0.4 is 5.32 Å². The van der Waals surface area contributed by atoms with E-state index in [-0.39, 0.29) is 5.75 Å². The summed E-state index contributed by atoms with van der Waals surface area (Å²) in [6, 6.07) is 5.01. The number of aromatic nitrogens is 2. The minimum atomic E-state index is -0.530. The van der Waals surface area contributed by atoms with Crippen molar-refractivity contribution in [2.75, 3.05) is 26.2 Å². The fourth-order valence-electron chi connectivity index (χ4n) is 3.47. The molecule has 3 N–H and O–H groups in total. The van der Waals surface area contributed by atoms with Crippen molar-refractivity contribution in [2.24, 2.45) is 10.2 Å². The van der Waals surface area contributed by atoms with Gasteiger partial charge in [-0.3, -0.25) is 5.10 Å². The minimum absolute atomic E-state index is 0.0318. The van der Waals surface area contributed by atoms with Crippen LogP contribution in [-0.2, 0) is 0 Å². The number of phenols is 1. The summed E-state index contributed by atoms with van der Waals surface area (Å²) in [6.45, 7) is 5.81. The molecule has 0 atom stereocenters. The summed E-state index contributed by atoms with van der Waals surface area (Å²) >= 11 is 0. The maximum absolute atomic E-state index is 13.7. The first-order valence-electron chi connectivity index (χ1n) is 9.48. The van der Waals surface area contributed by atoms with Gasteiger partial charge in [-0.25, -0.2) is 0 Å². The number of allylic oxidation sites excluding steroid dienone is 1. The number of hydrogen-bond donors (Lipinski definition) is 3. The van der Waals surface area contributed by atoms with Gasteiger partial charge in [0, 0.05) is 38.2 Å². The number of rotatable bonds is 3. The fraction of sp³-hybridized carbons (Fsp3) is 0.350. The van der Waals surface area contributed by atoms with Crippen LogP contribution in [0, 0.1) is 5.95 Å². The SMILES string of the molecule is CCC1=CC(c2ccc(-c3cn[nH]c3F)cc2O)=NN=C(N2CCNCC2)C1. The van der Waals surface area contributed by atoms with Gasteiger partial charge in [-0.15, -0.1) is 10.2 Å². The van der Waals surface area contributed by atoms with Crippen LogP contribution in [0.1, 0.15) is 25.3 Å². The summed E-state index contributed by atoms with van der Waals surface area (Å²) in [5.74, 6) is 0.461. The molecule has 7 nitrogen and oxygen atoms in total. The largest absolute Gasteiger partial charge is 0.507 e. The van der Waals surface area contributed by atoms with Gasteiger partial charge in [0.15, 0.2) is 0 Å². The average Bonchev–Trinajstić information content (AvgIpc) is 3.03. The Kier molecular flexibility index (Phi) is 5.21. The maximum Gasteiger partial charge on any atom is 0.216 e. The molecular formula is C20H23FN6O. The van der Waals surface area contributed by atoms with E-state index in [4.69, 9.17) is 0 Å². The molecule has 1 fully saturated rings. The molecule has 8 heteroatoms. The van der Waals surface area contributed by atoms with Gasteiger partial charge in [-0.05, 0) is 30.2 Å². The van der Waals surface area contributed by atoms with Crippen molar-refractivity contribution in [1.82, 2.24) is 20.4 Å². The summed E-state index contributed by atoms with van der Waals surface area (Å²) in [7, 11) is 0. The number of aromatic hydroxyl groups is 1. The Morgan fingerprint density at radius 2 is 2.00 bits per heavy atom. The number of aromatic amines is 1. The van der Waals surface area contributed by atoms with Gasteiger partial charge in [-0.1, -0.05) is 18.6 Å². The van der Waals surface area contributed by atoms with Crippen molar-refractivity contribution in [3.8, 4) is 16.9 Å². The van der Waals surface area contributed by atoms with Crippen molar-refractivity contribution in [1.29, 1.82) is 0 Å². The third-order valence-electron chi connectivity index (χ3n) is 5.11. The standard InChI is InChI=1S/C20H23FN6O/c1-2-13-9-17(24-25-19(10-13)27-7-5-22-6-8-27)15-4-3-14(11-18(15)28)16-12-23-26-20(16)21/h3-4,9,11-12,22,28H,2,5-8,10H2,1H3,(H,23,26). The normalized spacial score (nSPS) is 17.6. The minimum Gasteiger partial charge on any atom is -0.507 e. The van der Waals surface area contributed by atoms with E-state index in [1.807, 2.05) is 6.08 Å². The van der Waals surface area contributed by atoms with Crippen LogP contribution >= 0.6 is 0 Å². The number of nitrogens with one attached hydrogen (secondary N) is 2. The Morgan fingerprint density at radius 3 is 2.68 bits per heavy atom. The van der Waals surface area contributed by atoms with Crippen molar-refractivity contribution < 1.29 is 9.50 Å². The van der Waals surface area contributed by atoms with Crippen LogP contribution in [0.15, 0.2) is 46.2 Å². The lowest BCUT2D eigenvalue weighted by Gasteiger charge is -2.29. The number of piperazine rings is 1. The van der Waals surface area contributed by atoms with Crippen LogP contribution in [0.3, 0.4) is 0 Å². The quantitative estimate of drug-likeness (QED) is 0.761. The monoisotopic (exact) mass is 382 g/mol. The first-order chi connectivity index (χ1) is 13.7. The third kappa shape index (κ3) is 3.68. The van der Waals surface area contributed by atoms with Crippen LogP contribution in [0.25, 0.3) is 11.1 Å². The van der Waals surface area contributed by atoms with E-state index in [2.05, 4.69) is 37.5 Å². The van der Waals surface area contributed by atoms with E-state index < -0.39 is 5.95 Å². The molecule has 0 bridgehead atoms. The summed E-state index contributed by atoms with van der Waals surface area (Å²) in [6.07, 6.45) is 5.02. The van der Waals surface area contributed by atoms with E-state index in [0.29, 0.717) is 22.4 Å². The molecule has 2 aliphatic rings. The number of amidine groups is 1. The molecule has 1 aromatic heterocycles. The number of phenolic OH excluding ortho intramolecular Hbond substituents is 1. The molecule has 4 rings (SSSR count). The molecule has 28 heavy (non-hydrogen) atoms. The Hall–Kier alpha value is -3.00. The van der Waals surface area contributed by atoms with Gasteiger partial charge in [0.1, 0.15) is 11.6 Å². The van der Waals surface area contributed by atoms with E-state index in [9.17, 15) is 9.50 Å². The van der Waals surface area contributed by atoms with Gasteiger partial charge >= 0.3 is 0 Å². The van der Waals surface area contributed by atoms with Gasteiger partial charge in [0.25, 0.3) is 0 Å². The van der Waals surface area contributed by atoms with Crippen molar-refractivity contribution >= 4 is 11.5 Å². The van der Waals surface area contributed by atoms with Crippen molar-refractivity contribution in [3.63, 3.8) is 0 Å². The average molecular weight is 382 g/mol. The Bertz CT molecular complexity index is 955. The van der Waals surface area contributed by atoms with E-state index >= 15 is 0 Å². The van der Waals surface area contributed by atoms with Gasteiger partial charge in [-0.2, -0.15) is 9.49 Å². The first kappa shape index (κ1) is 18.4. The highest BCUT2D eigenvalue weighted by atomic mass is 19.1. The zero-order valence-electron chi connectivity index (χ0n) is 15.7. The molecule has 2 aliphatic heterocycles. The number of hydrogen-bond acceptors (Lipinski definition) is 6. The van der Waals surface area contributed by atoms with Gasteiger partial charge in [0.05, 0.1) is 17.5 Å². The van der Waals surface area contributed by atoms with Gasteiger partial charge in [0.2, 0.25) is 5.95 Å². The summed E-state index contributed by atoms with van der Waals surface area (Å²) in [5, 5.41) is 28.8. The molecule has 3 heterocycles. The van der Waals surface area contributed by atoms with Crippen LogP contribution in [0.4, 0.5) is 4.39 Å². The molecule has 1 aromatic carbocycles. The second-order valence-corrected chi connectivity index (χ2v) is 6.90. The Balaban J connectivity index is 1.67. The molecule has 0 radical (unpaired) electrons. The lowest BCUT2D eigenvalue weighted by molar-refractivity contribution is 0.352. The zero-order chi connectivity index (χ0) is 19.5. The van der Waals surface area contributed by atoms with E-state index in [1.165, 1.54) is 17.8 Å². The van der Waals surface area contributed by atoms with Crippen LogP contribution in [0.5, 0.6) is 5.75 Å². The second-order valence-electron chi connectivity index (χ2n) is 6.90. The summed E-state index contributed by atoms with van der Waals surface area (Å²) < 4.78 is 13.7. The fourth-order valence-corrected chi connectivity index (χ4v) is 3.47. The second kappa shape index (κ2) is 7.93. The number of halogens is 1. The first-order valence-corrected chi connectivity index (χ1v) is 9.48. The van der Waals surface area contributed by atoms with E-state index in [1.54, 1.807) is 12.1 Å². The Labute approximate surface area is 162 Å². The molecule has 1 saturated heterocycles. The number of benzene rings is 1. The molecule has 0 aliphatic carbocycles. The number of H-pyrrole nitrogens is 1. The molecule has 0 unspecified atom stereocenters.